The Morgan fingerprint density at radius 2 is 2.31 bits per heavy atom. The van der Waals surface area contributed by atoms with Crippen molar-refractivity contribution >= 4 is 23.9 Å². The zero-order valence-corrected chi connectivity index (χ0v) is 8.09. The number of thiol groups is 1. The van der Waals surface area contributed by atoms with Gasteiger partial charge in [-0.05, 0) is 34.8 Å². The van der Waals surface area contributed by atoms with Gasteiger partial charge in [-0.1, -0.05) is 18.7 Å². The average Bonchev–Trinajstić information content (AvgIpc) is 2.18. The smallest absolute Gasteiger partial charge is 0.0491 e. The predicted octanol–water partition coefficient (Wildman–Crippen LogP) is 2.43. The Morgan fingerprint density at radius 3 is 2.92 bits per heavy atom. The van der Waals surface area contributed by atoms with Gasteiger partial charge in [0, 0.05) is 5.69 Å². The van der Waals surface area contributed by atoms with Crippen LogP contribution in [0.15, 0.2) is 42.3 Å². The lowest BCUT2D eigenvalue weighted by molar-refractivity contribution is 1.35. The average molecular weight is 192 g/mol. The van der Waals surface area contributed by atoms with Gasteiger partial charge in [0.25, 0.3) is 0 Å². The summed E-state index contributed by atoms with van der Waals surface area (Å²) in [4.78, 5) is 0. The lowest BCUT2D eigenvalue weighted by Crippen LogP contribution is -2.06. The molecule has 0 atom stereocenters. The van der Waals surface area contributed by atoms with E-state index in [1.54, 1.807) is 5.41 Å². The monoisotopic (exact) mass is 192 g/mol. The zero-order chi connectivity index (χ0) is 9.68. The Balaban J connectivity index is 2.94. The maximum absolute atomic E-state index is 5.28. The van der Waals surface area contributed by atoms with Crippen LogP contribution in [0, 0.1) is 0 Å². The number of anilines is 1. The van der Waals surface area contributed by atoms with Gasteiger partial charge in [-0.3, -0.25) is 5.84 Å². The van der Waals surface area contributed by atoms with Crippen molar-refractivity contribution in [1.82, 2.24) is 0 Å². The molecule has 0 heterocycles. The van der Waals surface area contributed by atoms with Crippen molar-refractivity contribution < 1.29 is 0 Å². The maximum Gasteiger partial charge on any atom is 0.0491 e. The topological polar surface area (TPSA) is 38.0 Å². The molecule has 0 radical (unpaired) electrons. The molecule has 3 N–H and O–H groups in total. The highest BCUT2D eigenvalue weighted by Gasteiger charge is 1.95. The molecule has 0 spiro atoms. The number of hydrogen-bond acceptors (Lipinski definition) is 3. The van der Waals surface area contributed by atoms with Crippen LogP contribution in [0.2, 0.25) is 0 Å². The van der Waals surface area contributed by atoms with E-state index in [2.05, 4.69) is 24.6 Å². The molecule has 2 nitrogen and oxygen atoms in total. The second-order valence-corrected chi connectivity index (χ2v) is 2.86. The Kier molecular flexibility index (Phi) is 3.61. The quantitative estimate of drug-likeness (QED) is 0.298. The summed E-state index contributed by atoms with van der Waals surface area (Å²) in [5.41, 5.74) is 5.38. The summed E-state index contributed by atoms with van der Waals surface area (Å²) in [6, 6.07) is 7.70. The minimum absolute atomic E-state index is 0.867. The van der Waals surface area contributed by atoms with Crippen molar-refractivity contribution in [2.45, 2.75) is 0 Å². The van der Waals surface area contributed by atoms with E-state index in [0.29, 0.717) is 0 Å². The first-order valence-corrected chi connectivity index (χ1v) is 4.36. The largest absolute Gasteiger partial charge is 0.324 e. The minimum Gasteiger partial charge on any atom is -0.324 e. The van der Waals surface area contributed by atoms with E-state index in [1.807, 2.05) is 30.3 Å². The molecule has 0 amide bonds. The molecule has 0 unspecified atom stereocenters. The molecule has 0 fully saturated rings. The molecule has 1 aromatic carbocycles. The molecule has 0 aromatic heterocycles. The van der Waals surface area contributed by atoms with Crippen molar-refractivity contribution in [2.75, 3.05) is 5.43 Å². The summed E-state index contributed by atoms with van der Waals surface area (Å²) in [6.45, 7) is 3.89. The minimum atomic E-state index is 0.867. The second-order valence-electron chi connectivity index (χ2n) is 2.57. The molecule has 13 heavy (non-hydrogen) atoms. The number of nitrogen functional groups attached to an aromatic ring is 1. The van der Waals surface area contributed by atoms with Gasteiger partial charge in [-0.15, -0.1) is 0 Å². The highest BCUT2D eigenvalue weighted by Crippen LogP contribution is 2.17. The highest BCUT2D eigenvalue weighted by molar-refractivity contribution is 7.83. The van der Waals surface area contributed by atoms with Gasteiger partial charge in [-0.2, -0.15) is 12.6 Å². The van der Waals surface area contributed by atoms with Crippen LogP contribution in [0.1, 0.15) is 5.56 Å². The third-order valence-corrected chi connectivity index (χ3v) is 1.82. The first kappa shape index (κ1) is 9.89. The van der Waals surface area contributed by atoms with E-state index in [9.17, 15) is 0 Å². The summed E-state index contributed by atoms with van der Waals surface area (Å²) < 4.78 is 0. The molecule has 0 aliphatic heterocycles. The third-order valence-electron chi connectivity index (χ3n) is 1.68. The van der Waals surface area contributed by atoms with Crippen LogP contribution in [-0.4, -0.2) is 0 Å². The molecule has 0 saturated heterocycles. The van der Waals surface area contributed by atoms with Gasteiger partial charge in [-0.25, -0.2) is 0 Å². The molecule has 0 aliphatic rings. The van der Waals surface area contributed by atoms with Crippen molar-refractivity contribution in [3.05, 3.63) is 47.9 Å². The van der Waals surface area contributed by atoms with Crippen molar-refractivity contribution in [2.24, 2.45) is 5.84 Å². The molecule has 1 rings (SSSR count). The normalized spacial score (nSPS) is 10.3. The SMILES string of the molecule is C=C(/C=C\S)c1cccc(NN)c1. The fourth-order valence-electron chi connectivity index (χ4n) is 0.995. The Hall–Kier alpha value is -1.19. The standard InChI is InChI=1S/C10H12N2S/c1-8(5-6-13)9-3-2-4-10(7-9)12-11/h2-7,12-13H,1,11H2/b6-5-. The van der Waals surface area contributed by atoms with E-state index >= 15 is 0 Å². The van der Waals surface area contributed by atoms with Gasteiger partial charge < -0.3 is 5.43 Å². The number of nitrogens with one attached hydrogen (secondary N) is 1. The Morgan fingerprint density at radius 1 is 1.54 bits per heavy atom. The summed E-state index contributed by atoms with van der Waals surface area (Å²) >= 11 is 3.98. The molecule has 3 heteroatoms. The van der Waals surface area contributed by atoms with Crippen LogP contribution in [0.5, 0.6) is 0 Å². The van der Waals surface area contributed by atoms with Crippen molar-refractivity contribution in [1.29, 1.82) is 0 Å². The van der Waals surface area contributed by atoms with Crippen LogP contribution in [0.4, 0.5) is 5.69 Å². The van der Waals surface area contributed by atoms with E-state index in [1.165, 1.54) is 0 Å². The highest BCUT2D eigenvalue weighted by atomic mass is 32.1. The van der Waals surface area contributed by atoms with E-state index < -0.39 is 0 Å². The predicted molar refractivity (Wildman–Crippen MR) is 61.4 cm³/mol. The van der Waals surface area contributed by atoms with Crippen LogP contribution in [0.3, 0.4) is 0 Å². The number of hydrogen-bond donors (Lipinski definition) is 3. The van der Waals surface area contributed by atoms with E-state index in [0.717, 1.165) is 16.8 Å². The van der Waals surface area contributed by atoms with Gasteiger partial charge >= 0.3 is 0 Å². The lowest BCUT2D eigenvalue weighted by Gasteiger charge is -2.03. The first-order valence-electron chi connectivity index (χ1n) is 3.84. The number of allylic oxidation sites excluding steroid dienone is 2. The maximum atomic E-state index is 5.28. The summed E-state index contributed by atoms with van der Waals surface area (Å²) in [6.07, 6.45) is 1.83. The first-order chi connectivity index (χ1) is 6.27. The molecule has 68 valence electrons. The van der Waals surface area contributed by atoms with Gasteiger partial charge in [0.05, 0.1) is 0 Å². The molecular weight excluding hydrogens is 180 g/mol. The van der Waals surface area contributed by atoms with Crippen molar-refractivity contribution in [3.8, 4) is 0 Å². The molecule has 1 aromatic rings. The fourth-order valence-corrected chi connectivity index (χ4v) is 1.17. The fraction of sp³-hybridized carbons (Fsp3) is 0. The van der Waals surface area contributed by atoms with Crippen LogP contribution >= 0.6 is 12.6 Å². The lowest BCUT2D eigenvalue weighted by atomic mass is 10.1. The summed E-state index contributed by atoms with van der Waals surface area (Å²) in [7, 11) is 0. The summed E-state index contributed by atoms with van der Waals surface area (Å²) in [5, 5.41) is 1.66. The number of hydrazine groups is 1. The van der Waals surface area contributed by atoms with Gasteiger partial charge in [0.15, 0.2) is 0 Å². The molecule has 0 saturated carbocycles. The van der Waals surface area contributed by atoms with E-state index in [-0.39, 0.29) is 0 Å². The van der Waals surface area contributed by atoms with Crippen LogP contribution < -0.4 is 11.3 Å². The molecular formula is C10H12N2S. The second kappa shape index (κ2) is 4.74. The Labute approximate surface area is 83.5 Å². The number of benzene rings is 1. The van der Waals surface area contributed by atoms with Crippen LogP contribution in [0.25, 0.3) is 5.57 Å². The third kappa shape index (κ3) is 2.65. The number of rotatable bonds is 3. The van der Waals surface area contributed by atoms with Crippen molar-refractivity contribution in [3.63, 3.8) is 0 Å². The zero-order valence-electron chi connectivity index (χ0n) is 7.20. The van der Waals surface area contributed by atoms with Gasteiger partial charge in [0.2, 0.25) is 0 Å². The Bertz CT molecular complexity index is 331. The summed E-state index contributed by atoms with van der Waals surface area (Å²) in [5.74, 6) is 5.28. The number of nitrogens with two attached hydrogens (primary N) is 1. The van der Waals surface area contributed by atoms with Crippen LogP contribution in [-0.2, 0) is 0 Å². The molecule has 0 aliphatic carbocycles. The van der Waals surface area contributed by atoms with E-state index in [4.69, 9.17) is 5.84 Å². The molecule has 0 bridgehead atoms. The van der Waals surface area contributed by atoms with Gasteiger partial charge in [0.1, 0.15) is 0 Å².